The zero-order chi connectivity index (χ0) is 24.5. The molecule has 0 aliphatic rings. The normalized spacial score (nSPS) is 10.1. The lowest BCUT2D eigenvalue weighted by molar-refractivity contribution is 0.101. The third-order valence-electron chi connectivity index (χ3n) is 4.60. The summed E-state index contributed by atoms with van der Waals surface area (Å²) in [5.41, 5.74) is 1.73. The minimum Gasteiger partial charge on any atom is -0.493 e. The van der Waals surface area contributed by atoms with E-state index in [0.29, 0.717) is 34.0 Å². The summed E-state index contributed by atoms with van der Waals surface area (Å²) in [5.74, 6) is 0.502. The maximum atomic E-state index is 12.6. The summed E-state index contributed by atoms with van der Waals surface area (Å²) in [6.45, 7) is 1.87. The summed E-state index contributed by atoms with van der Waals surface area (Å²) in [7, 11) is 3.01. The predicted molar refractivity (Wildman–Crippen MR) is 126 cm³/mol. The van der Waals surface area contributed by atoms with Crippen LogP contribution in [0.4, 0.5) is 16.2 Å². The van der Waals surface area contributed by atoms with Crippen LogP contribution in [0.2, 0.25) is 0 Å². The number of methoxy groups -OCH3 is 2. The molecule has 0 aromatic heterocycles. The number of hydrogen-bond donors (Lipinski definition) is 2. The van der Waals surface area contributed by atoms with Crippen molar-refractivity contribution < 1.29 is 33.3 Å². The quantitative estimate of drug-likeness (QED) is 0.366. The molecule has 3 aromatic carbocycles. The minimum atomic E-state index is -0.813. The van der Waals surface area contributed by atoms with E-state index < -0.39 is 6.16 Å². The molecule has 176 valence electrons. The Morgan fingerprint density at radius 1 is 0.735 bits per heavy atom. The number of nitrogens with one attached hydrogen (secondary N) is 2. The average molecular weight is 464 g/mol. The molecule has 3 rings (SSSR count). The van der Waals surface area contributed by atoms with Crippen molar-refractivity contribution in [3.8, 4) is 17.2 Å². The molecule has 0 atom stereocenters. The first-order valence-electron chi connectivity index (χ1n) is 10.3. The summed E-state index contributed by atoms with van der Waals surface area (Å²) in [5, 5.41) is 5.56. The number of rotatable bonds is 8. The van der Waals surface area contributed by atoms with Gasteiger partial charge in [-0.1, -0.05) is 6.07 Å². The number of amides is 2. The van der Waals surface area contributed by atoms with E-state index in [2.05, 4.69) is 10.6 Å². The van der Waals surface area contributed by atoms with E-state index >= 15 is 0 Å². The number of benzene rings is 3. The van der Waals surface area contributed by atoms with Gasteiger partial charge in [-0.15, -0.1) is 0 Å². The van der Waals surface area contributed by atoms with Crippen LogP contribution in [0.15, 0.2) is 66.7 Å². The van der Waals surface area contributed by atoms with Gasteiger partial charge in [0.05, 0.1) is 20.8 Å². The van der Waals surface area contributed by atoms with Gasteiger partial charge in [-0.25, -0.2) is 4.79 Å². The van der Waals surface area contributed by atoms with Crippen molar-refractivity contribution in [2.75, 3.05) is 31.5 Å². The fourth-order valence-electron chi connectivity index (χ4n) is 2.98. The van der Waals surface area contributed by atoms with E-state index in [9.17, 15) is 14.4 Å². The van der Waals surface area contributed by atoms with Gasteiger partial charge in [0.25, 0.3) is 11.8 Å². The smallest absolute Gasteiger partial charge is 0.493 e. The van der Waals surface area contributed by atoms with Crippen molar-refractivity contribution in [1.29, 1.82) is 0 Å². The van der Waals surface area contributed by atoms with E-state index in [1.54, 1.807) is 49.4 Å². The second kappa shape index (κ2) is 11.4. The Balaban J connectivity index is 1.64. The van der Waals surface area contributed by atoms with Crippen molar-refractivity contribution in [2.45, 2.75) is 6.92 Å². The zero-order valence-corrected chi connectivity index (χ0v) is 18.9. The Kier molecular flexibility index (Phi) is 8.07. The summed E-state index contributed by atoms with van der Waals surface area (Å²) >= 11 is 0. The standard InChI is InChI=1S/C25H24N2O7/c1-4-33-25(30)34-20-11-8-16(9-12-20)23(28)26-18-6-5-7-19(15-18)27-24(29)17-10-13-21(31-2)22(14-17)32-3/h5-15H,4H2,1-3H3,(H,26,28)(H,27,29). The van der Waals surface area contributed by atoms with Crippen LogP contribution in [0.3, 0.4) is 0 Å². The Morgan fingerprint density at radius 3 is 1.91 bits per heavy atom. The van der Waals surface area contributed by atoms with Gasteiger partial charge < -0.3 is 29.6 Å². The van der Waals surface area contributed by atoms with Crippen molar-refractivity contribution in [2.24, 2.45) is 0 Å². The van der Waals surface area contributed by atoms with Crippen molar-refractivity contribution in [3.63, 3.8) is 0 Å². The van der Waals surface area contributed by atoms with Crippen molar-refractivity contribution in [1.82, 2.24) is 0 Å². The Bertz CT molecular complexity index is 1180. The number of anilines is 2. The van der Waals surface area contributed by atoms with Crippen LogP contribution in [0.25, 0.3) is 0 Å². The van der Waals surface area contributed by atoms with Crippen LogP contribution in [0.5, 0.6) is 17.2 Å². The first-order valence-corrected chi connectivity index (χ1v) is 10.3. The number of carbonyl (C=O) groups is 3. The molecule has 3 aromatic rings. The molecule has 0 aliphatic carbocycles. The highest BCUT2D eigenvalue weighted by molar-refractivity contribution is 6.06. The van der Waals surface area contributed by atoms with Crippen LogP contribution >= 0.6 is 0 Å². The van der Waals surface area contributed by atoms with Crippen molar-refractivity contribution in [3.05, 3.63) is 77.9 Å². The van der Waals surface area contributed by atoms with Gasteiger partial charge in [-0.05, 0) is 67.6 Å². The molecule has 9 heteroatoms. The zero-order valence-electron chi connectivity index (χ0n) is 18.9. The molecule has 34 heavy (non-hydrogen) atoms. The lowest BCUT2D eigenvalue weighted by Crippen LogP contribution is -2.14. The van der Waals surface area contributed by atoms with Crippen LogP contribution < -0.4 is 24.8 Å². The minimum absolute atomic E-state index is 0.202. The fourth-order valence-corrected chi connectivity index (χ4v) is 2.98. The average Bonchev–Trinajstić information content (AvgIpc) is 2.84. The Labute approximate surface area is 196 Å². The molecule has 2 amide bonds. The monoisotopic (exact) mass is 464 g/mol. The second-order valence-electron chi connectivity index (χ2n) is 6.87. The molecule has 0 saturated carbocycles. The summed E-state index contributed by atoms with van der Waals surface area (Å²) < 4.78 is 20.1. The first kappa shape index (κ1) is 24.1. The molecular weight excluding hydrogens is 440 g/mol. The van der Waals surface area contributed by atoms with Crippen LogP contribution in [0, 0.1) is 0 Å². The molecule has 0 aliphatic heterocycles. The van der Waals surface area contributed by atoms with Gasteiger partial charge in [0.1, 0.15) is 5.75 Å². The maximum absolute atomic E-state index is 12.6. The Morgan fingerprint density at radius 2 is 1.32 bits per heavy atom. The highest BCUT2D eigenvalue weighted by atomic mass is 16.7. The largest absolute Gasteiger partial charge is 0.513 e. The molecule has 9 nitrogen and oxygen atoms in total. The highest BCUT2D eigenvalue weighted by Gasteiger charge is 2.12. The fraction of sp³-hybridized carbons (Fsp3) is 0.160. The summed E-state index contributed by atoms with van der Waals surface area (Å²) in [4.78, 5) is 36.6. The lowest BCUT2D eigenvalue weighted by atomic mass is 10.1. The third-order valence-corrected chi connectivity index (χ3v) is 4.60. The third kappa shape index (κ3) is 6.26. The molecule has 0 unspecified atom stereocenters. The number of hydrogen-bond acceptors (Lipinski definition) is 7. The first-order chi connectivity index (χ1) is 16.4. The lowest BCUT2D eigenvalue weighted by Gasteiger charge is -2.11. The predicted octanol–water partition coefficient (Wildman–Crippen LogP) is 4.74. The van der Waals surface area contributed by atoms with E-state index in [1.807, 2.05) is 0 Å². The van der Waals surface area contributed by atoms with Crippen molar-refractivity contribution >= 4 is 29.3 Å². The summed E-state index contributed by atoms with van der Waals surface area (Å²) in [6.07, 6.45) is -0.813. The van der Waals surface area contributed by atoms with E-state index in [4.69, 9.17) is 18.9 Å². The maximum Gasteiger partial charge on any atom is 0.513 e. The Hall–Kier alpha value is -4.53. The summed E-state index contributed by atoms with van der Waals surface area (Å²) in [6, 6.07) is 17.6. The highest BCUT2D eigenvalue weighted by Crippen LogP contribution is 2.28. The molecular formula is C25H24N2O7. The number of ether oxygens (including phenoxy) is 4. The van der Waals surface area contributed by atoms with Gasteiger partial charge in [-0.2, -0.15) is 0 Å². The van der Waals surface area contributed by atoms with E-state index in [-0.39, 0.29) is 24.2 Å². The van der Waals surface area contributed by atoms with Crippen LogP contribution in [0.1, 0.15) is 27.6 Å². The molecule has 2 N–H and O–H groups in total. The van der Waals surface area contributed by atoms with E-state index in [1.165, 1.54) is 38.5 Å². The van der Waals surface area contributed by atoms with Gasteiger partial charge in [0, 0.05) is 22.5 Å². The van der Waals surface area contributed by atoms with E-state index in [0.717, 1.165) is 0 Å². The molecule has 0 fully saturated rings. The molecule has 0 heterocycles. The van der Waals surface area contributed by atoms with Gasteiger partial charge in [0.2, 0.25) is 0 Å². The SMILES string of the molecule is CCOC(=O)Oc1ccc(C(=O)Nc2cccc(NC(=O)c3ccc(OC)c(OC)c3)c2)cc1. The van der Waals surface area contributed by atoms with Gasteiger partial charge >= 0.3 is 6.16 Å². The van der Waals surface area contributed by atoms with Crippen LogP contribution in [-0.4, -0.2) is 38.8 Å². The number of carbonyl (C=O) groups excluding carboxylic acids is 3. The van der Waals surface area contributed by atoms with Gasteiger partial charge in [0.15, 0.2) is 11.5 Å². The van der Waals surface area contributed by atoms with Gasteiger partial charge in [-0.3, -0.25) is 9.59 Å². The molecule has 0 bridgehead atoms. The molecule has 0 saturated heterocycles. The second-order valence-corrected chi connectivity index (χ2v) is 6.87. The topological polar surface area (TPSA) is 112 Å². The molecule has 0 radical (unpaired) electrons. The van der Waals surface area contributed by atoms with Crippen LogP contribution in [-0.2, 0) is 4.74 Å². The molecule has 0 spiro atoms.